The average Bonchev–Trinajstić information content (AvgIpc) is 2.20. The maximum absolute atomic E-state index is 12.0. The maximum Gasteiger partial charge on any atom is 0.281 e. The molecule has 0 radical (unpaired) electrons. The third-order valence-corrected chi connectivity index (χ3v) is 5.03. The molecule has 1 saturated heterocycles. The summed E-state index contributed by atoms with van der Waals surface area (Å²) in [6.45, 7) is 4.88. The zero-order valence-corrected chi connectivity index (χ0v) is 11.1. The number of hydrogen-bond acceptors (Lipinski definition) is 3. The van der Waals surface area contributed by atoms with Gasteiger partial charge in [0.25, 0.3) is 10.2 Å². The van der Waals surface area contributed by atoms with Gasteiger partial charge < -0.3 is 5.11 Å². The fraction of sp³-hybridized carbons (Fsp3) is 1.00. The molecular weight excluding hydrogens is 228 g/mol. The molecule has 1 N–H and O–H groups in total. The summed E-state index contributed by atoms with van der Waals surface area (Å²) in [4.78, 5) is 0. The SMILES string of the molecule is CCCCN(C)S(=O)(=O)N1CC(O)(CC)C1. The Labute approximate surface area is 98.2 Å². The van der Waals surface area contributed by atoms with Gasteiger partial charge in [0.15, 0.2) is 0 Å². The Morgan fingerprint density at radius 1 is 1.38 bits per heavy atom. The van der Waals surface area contributed by atoms with Gasteiger partial charge >= 0.3 is 0 Å². The summed E-state index contributed by atoms with van der Waals surface area (Å²) in [5.41, 5.74) is -0.807. The summed E-state index contributed by atoms with van der Waals surface area (Å²) in [6.07, 6.45) is 2.43. The van der Waals surface area contributed by atoms with Crippen LogP contribution in [0.1, 0.15) is 33.1 Å². The van der Waals surface area contributed by atoms with Crippen molar-refractivity contribution in [1.29, 1.82) is 0 Å². The summed E-state index contributed by atoms with van der Waals surface area (Å²) in [5, 5.41) is 9.79. The number of unbranched alkanes of at least 4 members (excludes halogenated alkanes) is 1. The van der Waals surface area contributed by atoms with Crippen LogP contribution in [0.15, 0.2) is 0 Å². The predicted octanol–water partition coefficient (Wildman–Crippen LogP) is 0.420. The monoisotopic (exact) mass is 250 g/mol. The topological polar surface area (TPSA) is 60.9 Å². The number of β-amino-alcohol motifs (C(OH)–C–C–N with tert-alkyl or cyclic N) is 1. The molecule has 96 valence electrons. The highest BCUT2D eigenvalue weighted by Crippen LogP contribution is 2.27. The fourth-order valence-corrected chi connectivity index (χ4v) is 3.25. The zero-order valence-electron chi connectivity index (χ0n) is 10.3. The average molecular weight is 250 g/mol. The molecule has 1 rings (SSSR count). The minimum Gasteiger partial charge on any atom is -0.387 e. The highest BCUT2D eigenvalue weighted by atomic mass is 32.2. The van der Waals surface area contributed by atoms with E-state index in [1.807, 2.05) is 13.8 Å². The molecule has 0 spiro atoms. The molecule has 1 heterocycles. The van der Waals surface area contributed by atoms with Crippen molar-refractivity contribution >= 4 is 10.2 Å². The van der Waals surface area contributed by atoms with Gasteiger partial charge in [-0.2, -0.15) is 17.0 Å². The second kappa shape index (κ2) is 5.00. The second-order valence-corrected chi connectivity index (χ2v) is 6.56. The highest BCUT2D eigenvalue weighted by Gasteiger charge is 2.46. The number of nitrogens with zero attached hydrogens (tertiary/aromatic N) is 2. The van der Waals surface area contributed by atoms with E-state index >= 15 is 0 Å². The van der Waals surface area contributed by atoms with Crippen molar-refractivity contribution in [2.75, 3.05) is 26.7 Å². The third kappa shape index (κ3) is 2.74. The van der Waals surface area contributed by atoms with Gasteiger partial charge in [-0.25, -0.2) is 0 Å². The van der Waals surface area contributed by atoms with Crippen molar-refractivity contribution in [2.45, 2.75) is 38.7 Å². The van der Waals surface area contributed by atoms with Crippen LogP contribution in [0.5, 0.6) is 0 Å². The minimum absolute atomic E-state index is 0.225. The van der Waals surface area contributed by atoms with Gasteiger partial charge in [0.1, 0.15) is 0 Å². The molecule has 0 unspecified atom stereocenters. The van der Waals surface area contributed by atoms with E-state index in [4.69, 9.17) is 0 Å². The normalized spacial score (nSPS) is 21.1. The molecule has 0 aromatic carbocycles. The van der Waals surface area contributed by atoms with E-state index in [1.54, 1.807) is 7.05 Å². The van der Waals surface area contributed by atoms with Crippen LogP contribution in [0.25, 0.3) is 0 Å². The quantitative estimate of drug-likeness (QED) is 0.743. The Kier molecular flexibility index (Phi) is 4.34. The smallest absolute Gasteiger partial charge is 0.281 e. The standard InChI is InChI=1S/C10H22N2O3S/c1-4-6-7-11(3)16(14,15)12-8-10(13,5-2)9-12/h13H,4-9H2,1-3H3. The summed E-state index contributed by atoms with van der Waals surface area (Å²) in [5.74, 6) is 0. The first kappa shape index (κ1) is 13.9. The Hall–Kier alpha value is -0.170. The maximum atomic E-state index is 12.0. The van der Waals surface area contributed by atoms with E-state index in [9.17, 15) is 13.5 Å². The number of hydrogen-bond donors (Lipinski definition) is 1. The van der Waals surface area contributed by atoms with Crippen LogP contribution in [0.4, 0.5) is 0 Å². The lowest BCUT2D eigenvalue weighted by molar-refractivity contribution is -0.0632. The van der Waals surface area contributed by atoms with Gasteiger partial charge in [0.05, 0.1) is 5.60 Å². The molecule has 0 aliphatic carbocycles. The lowest BCUT2D eigenvalue weighted by atomic mass is 9.94. The fourth-order valence-electron chi connectivity index (χ4n) is 1.69. The number of rotatable bonds is 6. The Morgan fingerprint density at radius 3 is 2.38 bits per heavy atom. The molecular formula is C10H22N2O3S. The van der Waals surface area contributed by atoms with Crippen LogP contribution < -0.4 is 0 Å². The number of aliphatic hydroxyl groups is 1. The zero-order chi connectivity index (χ0) is 12.4. The molecule has 1 fully saturated rings. The highest BCUT2D eigenvalue weighted by molar-refractivity contribution is 7.86. The van der Waals surface area contributed by atoms with Crippen molar-refractivity contribution in [1.82, 2.24) is 8.61 Å². The van der Waals surface area contributed by atoms with E-state index in [1.165, 1.54) is 8.61 Å². The van der Waals surface area contributed by atoms with Crippen LogP contribution in [-0.4, -0.2) is 54.4 Å². The minimum atomic E-state index is -3.35. The Bertz CT molecular complexity index is 323. The van der Waals surface area contributed by atoms with Gasteiger partial charge in [0.2, 0.25) is 0 Å². The van der Waals surface area contributed by atoms with Gasteiger partial charge in [-0.15, -0.1) is 0 Å². The molecule has 6 heteroatoms. The van der Waals surface area contributed by atoms with E-state index in [0.717, 1.165) is 12.8 Å². The van der Waals surface area contributed by atoms with Gasteiger partial charge in [-0.05, 0) is 12.8 Å². The van der Waals surface area contributed by atoms with Gasteiger partial charge in [-0.1, -0.05) is 20.3 Å². The first-order valence-electron chi connectivity index (χ1n) is 5.79. The molecule has 0 amide bonds. The molecule has 0 bridgehead atoms. The predicted molar refractivity (Wildman–Crippen MR) is 63.3 cm³/mol. The van der Waals surface area contributed by atoms with Crippen molar-refractivity contribution in [3.05, 3.63) is 0 Å². The molecule has 0 saturated carbocycles. The molecule has 1 aliphatic rings. The molecule has 1 aliphatic heterocycles. The Morgan fingerprint density at radius 2 is 1.94 bits per heavy atom. The third-order valence-electron chi connectivity index (χ3n) is 3.15. The van der Waals surface area contributed by atoms with E-state index in [2.05, 4.69) is 0 Å². The first-order chi connectivity index (χ1) is 7.35. The molecule has 0 aromatic heterocycles. The summed E-state index contributed by atoms with van der Waals surface area (Å²) < 4.78 is 26.6. The van der Waals surface area contributed by atoms with Crippen LogP contribution >= 0.6 is 0 Å². The van der Waals surface area contributed by atoms with Crippen LogP contribution in [0.2, 0.25) is 0 Å². The van der Waals surface area contributed by atoms with Crippen LogP contribution in [-0.2, 0) is 10.2 Å². The van der Waals surface area contributed by atoms with E-state index in [-0.39, 0.29) is 13.1 Å². The van der Waals surface area contributed by atoms with Gasteiger partial charge in [0, 0.05) is 26.7 Å². The molecule has 5 nitrogen and oxygen atoms in total. The van der Waals surface area contributed by atoms with Gasteiger partial charge in [-0.3, -0.25) is 0 Å². The largest absolute Gasteiger partial charge is 0.387 e. The summed E-state index contributed by atoms with van der Waals surface area (Å²) in [7, 11) is -1.76. The van der Waals surface area contributed by atoms with E-state index in [0.29, 0.717) is 13.0 Å². The summed E-state index contributed by atoms with van der Waals surface area (Å²) >= 11 is 0. The lowest BCUT2D eigenvalue weighted by Crippen LogP contribution is -2.65. The molecule has 0 atom stereocenters. The van der Waals surface area contributed by atoms with Crippen LogP contribution in [0, 0.1) is 0 Å². The molecule has 16 heavy (non-hydrogen) atoms. The van der Waals surface area contributed by atoms with Crippen molar-refractivity contribution < 1.29 is 13.5 Å². The van der Waals surface area contributed by atoms with Crippen molar-refractivity contribution in [3.63, 3.8) is 0 Å². The Balaban J connectivity index is 2.54. The van der Waals surface area contributed by atoms with Crippen molar-refractivity contribution in [3.8, 4) is 0 Å². The van der Waals surface area contributed by atoms with Crippen LogP contribution in [0.3, 0.4) is 0 Å². The summed E-state index contributed by atoms with van der Waals surface area (Å²) in [6, 6.07) is 0. The first-order valence-corrected chi connectivity index (χ1v) is 7.19. The molecule has 0 aromatic rings. The second-order valence-electron chi connectivity index (χ2n) is 4.53. The van der Waals surface area contributed by atoms with E-state index < -0.39 is 15.8 Å². The lowest BCUT2D eigenvalue weighted by Gasteiger charge is -2.46. The van der Waals surface area contributed by atoms with Crippen molar-refractivity contribution in [2.24, 2.45) is 0 Å².